The van der Waals surface area contributed by atoms with Crippen LogP contribution >= 0.6 is 0 Å². The largest absolute Gasteiger partial charge is 0.464 e. The molecule has 0 fully saturated rings. The Morgan fingerprint density at radius 2 is 1.06 bits per heavy atom. The van der Waals surface area contributed by atoms with Crippen LogP contribution in [0.15, 0.2) is 48.5 Å². The van der Waals surface area contributed by atoms with Gasteiger partial charge < -0.3 is 18.3 Å². The molecule has 4 heterocycles. The third-order valence-electron chi connectivity index (χ3n) is 5.18. The van der Waals surface area contributed by atoms with Gasteiger partial charge in [-0.05, 0) is 61.4 Å². The Kier molecular flexibility index (Phi) is 10.0. The maximum Gasteiger partial charge on any atom is 0.355 e. The second-order valence-corrected chi connectivity index (χ2v) is 6.91. The molecule has 0 saturated carbocycles. The maximum absolute atomic E-state index is 13.5. The van der Waals surface area contributed by atoms with Crippen LogP contribution in [-0.4, -0.2) is 43.4 Å². The molecule has 0 aliphatic rings. The number of methoxy groups -OCH3 is 2. The van der Waals surface area contributed by atoms with E-state index in [-0.39, 0.29) is 27.5 Å². The summed E-state index contributed by atoms with van der Waals surface area (Å²) in [4.78, 5) is 23.1. The van der Waals surface area contributed by atoms with Crippen LogP contribution in [0.4, 0.5) is 8.78 Å². The molecule has 0 saturated heterocycles. The number of nitrogens with zero attached hydrogens (tertiary/aromatic N) is 2. The van der Waals surface area contributed by atoms with Crippen LogP contribution in [0.5, 0.6) is 0 Å². The normalized spacial score (nSPS) is 10.1. The number of esters is 2. The summed E-state index contributed by atoms with van der Waals surface area (Å²) in [6.07, 6.45) is 1.45. The average Bonchev–Trinajstić information content (AvgIpc) is 3.44. The van der Waals surface area contributed by atoms with Gasteiger partial charge in [-0.25, -0.2) is 18.4 Å². The molecule has 179 valence electrons. The van der Waals surface area contributed by atoms with E-state index in [4.69, 9.17) is 0 Å². The van der Waals surface area contributed by atoms with Crippen molar-refractivity contribution < 1.29 is 27.8 Å². The summed E-state index contributed by atoms with van der Waals surface area (Å²) < 4.78 is 39.6. The Balaban J connectivity index is 0.000000321. The molecule has 9 heteroatoms. The number of rotatable bonds is 4. The van der Waals surface area contributed by atoms with Gasteiger partial charge in [-0.1, -0.05) is 21.3 Å². The molecule has 34 heavy (non-hydrogen) atoms. The Morgan fingerprint density at radius 3 is 1.35 bits per heavy atom. The van der Waals surface area contributed by atoms with Crippen molar-refractivity contribution >= 4 is 31.4 Å². The first-order chi connectivity index (χ1) is 15.4. The van der Waals surface area contributed by atoms with Crippen molar-refractivity contribution in [2.45, 2.75) is 34.1 Å². The first kappa shape index (κ1) is 28.4. The molecule has 0 bridgehead atoms. The molecule has 6 nitrogen and oxygen atoms in total. The fourth-order valence-electron chi connectivity index (χ4n) is 3.60. The van der Waals surface area contributed by atoms with E-state index < -0.39 is 11.9 Å². The maximum atomic E-state index is 13.5. The zero-order valence-electron chi connectivity index (χ0n) is 18.9. The highest BCUT2D eigenvalue weighted by Crippen LogP contribution is 2.19. The molecule has 0 aliphatic heterocycles. The molecule has 0 aromatic carbocycles. The van der Waals surface area contributed by atoms with E-state index in [0.717, 1.165) is 24.2 Å². The summed E-state index contributed by atoms with van der Waals surface area (Å²) in [5.41, 5.74) is 3.27. The van der Waals surface area contributed by atoms with Crippen LogP contribution < -0.4 is 0 Å². The quantitative estimate of drug-likeness (QED) is 0.308. The topological polar surface area (TPSA) is 61.4 Å². The molecule has 4 rings (SSSR count). The molecule has 0 amide bonds. The molecule has 0 aliphatic carbocycles. The lowest BCUT2D eigenvalue weighted by Crippen LogP contribution is -2.10. The molecule has 4 aromatic rings. The predicted molar refractivity (Wildman–Crippen MR) is 129 cm³/mol. The lowest BCUT2D eigenvalue weighted by atomic mass is 10.3. The van der Waals surface area contributed by atoms with Crippen LogP contribution in [-0.2, 0) is 22.3 Å². The van der Waals surface area contributed by atoms with E-state index in [1.807, 2.05) is 26.0 Å². The zero-order valence-corrected chi connectivity index (χ0v) is 18.9. The first-order valence-corrected chi connectivity index (χ1v) is 10.1. The van der Waals surface area contributed by atoms with Gasteiger partial charge in [0.15, 0.2) is 0 Å². The van der Waals surface area contributed by atoms with E-state index in [1.165, 1.54) is 38.5 Å². The minimum Gasteiger partial charge on any atom is -0.464 e. The van der Waals surface area contributed by atoms with Gasteiger partial charge in [-0.15, -0.1) is 0 Å². The minimum absolute atomic E-state index is 0. The van der Waals surface area contributed by atoms with Crippen molar-refractivity contribution in [1.82, 2.24) is 8.80 Å². The molecule has 3 radical (unpaired) electrons. The third kappa shape index (κ3) is 5.14. The second-order valence-electron chi connectivity index (χ2n) is 6.91. The minimum atomic E-state index is -0.462. The van der Waals surface area contributed by atoms with E-state index in [2.05, 4.69) is 9.47 Å². The van der Waals surface area contributed by atoms with Gasteiger partial charge in [0.05, 0.1) is 25.3 Å². The Bertz CT molecular complexity index is 1200. The Hall–Kier alpha value is -3.62. The van der Waals surface area contributed by atoms with Gasteiger partial charge >= 0.3 is 11.9 Å². The van der Waals surface area contributed by atoms with Crippen LogP contribution in [0.1, 0.15) is 53.6 Å². The van der Waals surface area contributed by atoms with Gasteiger partial charge in [0.25, 0.3) is 0 Å². The van der Waals surface area contributed by atoms with Crippen LogP contribution in [0, 0.1) is 11.6 Å². The summed E-state index contributed by atoms with van der Waals surface area (Å²) in [6, 6.07) is 12.4. The monoisotopic (exact) mass is 469 g/mol. The first-order valence-electron chi connectivity index (χ1n) is 10.1. The fraction of sp³-hybridized carbons (Fsp3) is 0.280. The van der Waals surface area contributed by atoms with E-state index >= 15 is 0 Å². The number of carbonyl (C=O) groups excluding carboxylic acids is 2. The number of carbonyl (C=O) groups is 2. The zero-order chi connectivity index (χ0) is 23.4. The lowest BCUT2D eigenvalue weighted by Gasteiger charge is -2.07. The van der Waals surface area contributed by atoms with Crippen molar-refractivity contribution in [3.63, 3.8) is 0 Å². The summed E-state index contributed by atoms with van der Waals surface area (Å²) in [5, 5.41) is 0. The van der Waals surface area contributed by atoms with Gasteiger partial charge in [0.1, 0.15) is 23.0 Å². The van der Waals surface area contributed by atoms with E-state index in [0.29, 0.717) is 22.4 Å². The van der Waals surface area contributed by atoms with Gasteiger partial charge in [-0.2, -0.15) is 0 Å². The summed E-state index contributed by atoms with van der Waals surface area (Å²) in [7, 11) is 2.62. The summed E-state index contributed by atoms with van der Waals surface area (Å²) in [6.45, 7) is 3.90. The second kappa shape index (κ2) is 12.0. The number of aryl methyl sites for hydroxylation is 2. The van der Waals surface area contributed by atoms with Crippen LogP contribution in [0.25, 0.3) is 11.0 Å². The van der Waals surface area contributed by atoms with Crippen molar-refractivity contribution in [2.75, 3.05) is 14.2 Å². The predicted octanol–water partition coefficient (Wildman–Crippen LogP) is 5.11. The van der Waals surface area contributed by atoms with Crippen molar-refractivity contribution in [3.05, 3.63) is 82.9 Å². The van der Waals surface area contributed by atoms with E-state index in [9.17, 15) is 18.4 Å². The molecule has 0 N–H and O–H groups in total. The standard InChI is InChI=1S/2C12H12FNO2.CH4.B/c2*1-3-8-4-6-10-9(13)5-7-11(14(8)10)12(15)16-2;;/h2*4-7H,3H2,1-2H3;1H4;. The number of pyridine rings is 2. The summed E-state index contributed by atoms with van der Waals surface area (Å²) >= 11 is 0. The van der Waals surface area contributed by atoms with Crippen LogP contribution in [0.2, 0.25) is 0 Å². The van der Waals surface area contributed by atoms with Gasteiger partial charge in [-0.3, -0.25) is 0 Å². The molecular formula is C25H28BF2N2O4. The Labute approximate surface area is 199 Å². The number of ether oxygens (including phenoxy) is 2. The SMILES string of the molecule is C.CCc1ccc2c(F)ccc(C(=O)OC)n12.CCc1ccc2c(F)ccc(C(=O)OC)n12.[B]. The average molecular weight is 469 g/mol. The number of fused-ring (bicyclic) bond motifs is 2. The Morgan fingerprint density at radius 1 is 0.706 bits per heavy atom. The highest BCUT2D eigenvalue weighted by molar-refractivity contribution is 5.89. The van der Waals surface area contributed by atoms with Gasteiger partial charge in [0.2, 0.25) is 0 Å². The highest BCUT2D eigenvalue weighted by Gasteiger charge is 2.16. The van der Waals surface area contributed by atoms with Crippen molar-refractivity contribution in [2.24, 2.45) is 0 Å². The van der Waals surface area contributed by atoms with Crippen molar-refractivity contribution in [3.8, 4) is 0 Å². The molecule has 0 spiro atoms. The number of hydrogen-bond donors (Lipinski definition) is 0. The van der Waals surface area contributed by atoms with Gasteiger partial charge in [0, 0.05) is 19.8 Å². The molecule has 0 unspecified atom stereocenters. The summed E-state index contributed by atoms with van der Waals surface area (Å²) in [5.74, 6) is -1.61. The molecular weight excluding hydrogens is 441 g/mol. The third-order valence-corrected chi connectivity index (χ3v) is 5.18. The molecule has 0 atom stereocenters. The molecule has 4 aromatic heterocycles. The number of aromatic nitrogens is 2. The smallest absolute Gasteiger partial charge is 0.355 e. The highest BCUT2D eigenvalue weighted by atomic mass is 19.1. The lowest BCUT2D eigenvalue weighted by molar-refractivity contribution is 0.0583. The fourth-order valence-corrected chi connectivity index (χ4v) is 3.60. The van der Waals surface area contributed by atoms with Crippen LogP contribution in [0.3, 0.4) is 0 Å². The number of hydrogen-bond acceptors (Lipinski definition) is 4. The van der Waals surface area contributed by atoms with Crippen molar-refractivity contribution in [1.29, 1.82) is 0 Å². The number of halogens is 2. The van der Waals surface area contributed by atoms with E-state index in [1.54, 1.807) is 20.9 Å².